The minimum atomic E-state index is 0.0175. The molecule has 1 aliphatic heterocycles. The normalized spacial score (nSPS) is 34.3. The Labute approximate surface area is 130 Å². The van der Waals surface area contributed by atoms with Crippen molar-refractivity contribution in [3.63, 3.8) is 0 Å². The van der Waals surface area contributed by atoms with Gasteiger partial charge < -0.3 is 4.74 Å². The fourth-order valence-electron chi connectivity index (χ4n) is 4.10. The summed E-state index contributed by atoms with van der Waals surface area (Å²) in [6.45, 7) is 13.8. The number of nitrogens with zero attached hydrogens (tertiary/aromatic N) is 1. The van der Waals surface area contributed by atoms with Crippen molar-refractivity contribution in [1.82, 2.24) is 4.90 Å². The van der Waals surface area contributed by atoms with Crippen LogP contribution in [0.3, 0.4) is 0 Å². The van der Waals surface area contributed by atoms with Crippen LogP contribution >= 0.6 is 0 Å². The molecular formula is C18H32NO2. The van der Waals surface area contributed by atoms with Gasteiger partial charge in [0.25, 0.3) is 0 Å². The summed E-state index contributed by atoms with van der Waals surface area (Å²) < 4.78 is 5.40. The molecule has 3 heteroatoms. The van der Waals surface area contributed by atoms with Crippen molar-refractivity contribution in [2.75, 3.05) is 19.7 Å². The lowest BCUT2D eigenvalue weighted by Crippen LogP contribution is -2.60. The van der Waals surface area contributed by atoms with E-state index in [1.165, 1.54) is 19.5 Å². The van der Waals surface area contributed by atoms with Crippen LogP contribution in [0.1, 0.15) is 60.3 Å². The Morgan fingerprint density at radius 1 is 1.33 bits per heavy atom. The van der Waals surface area contributed by atoms with Gasteiger partial charge in [-0.1, -0.05) is 27.7 Å². The summed E-state index contributed by atoms with van der Waals surface area (Å²) in [6, 6.07) is 0. The number of carbonyl (C=O) groups excluding carboxylic acids is 1. The molecule has 1 saturated carbocycles. The van der Waals surface area contributed by atoms with Crippen LogP contribution < -0.4 is 0 Å². The Morgan fingerprint density at radius 2 is 2.00 bits per heavy atom. The van der Waals surface area contributed by atoms with E-state index in [1.807, 2.05) is 6.92 Å². The first kappa shape index (κ1) is 16.8. The van der Waals surface area contributed by atoms with E-state index in [2.05, 4.69) is 39.0 Å². The Kier molecular flexibility index (Phi) is 5.02. The molecule has 121 valence electrons. The molecule has 0 N–H and O–H groups in total. The summed E-state index contributed by atoms with van der Waals surface area (Å²) in [5, 5.41) is 0. The van der Waals surface area contributed by atoms with E-state index in [1.54, 1.807) is 0 Å². The molecule has 3 atom stereocenters. The van der Waals surface area contributed by atoms with Gasteiger partial charge in [0.05, 0.1) is 12.5 Å². The third-order valence-electron chi connectivity index (χ3n) is 5.61. The van der Waals surface area contributed by atoms with Crippen LogP contribution in [0.2, 0.25) is 0 Å². The number of carbonyl (C=O) groups is 1. The van der Waals surface area contributed by atoms with Gasteiger partial charge in [0.1, 0.15) is 0 Å². The van der Waals surface area contributed by atoms with Crippen LogP contribution in [-0.2, 0) is 9.53 Å². The highest BCUT2D eigenvalue weighted by Gasteiger charge is 2.50. The van der Waals surface area contributed by atoms with Crippen LogP contribution in [0, 0.1) is 23.7 Å². The molecule has 1 heterocycles. The van der Waals surface area contributed by atoms with Crippen molar-refractivity contribution in [1.29, 1.82) is 0 Å². The molecule has 1 radical (unpaired) electrons. The second-order valence-electron chi connectivity index (χ2n) is 7.77. The van der Waals surface area contributed by atoms with Gasteiger partial charge in [-0.2, -0.15) is 0 Å². The molecule has 2 aliphatic rings. The van der Waals surface area contributed by atoms with Crippen molar-refractivity contribution in [2.45, 2.75) is 65.8 Å². The van der Waals surface area contributed by atoms with Gasteiger partial charge in [0.15, 0.2) is 0 Å². The smallest absolute Gasteiger partial charge is 0.309 e. The predicted molar refractivity (Wildman–Crippen MR) is 85.8 cm³/mol. The fraction of sp³-hybridized carbons (Fsp3) is 0.889. The Bertz CT molecular complexity index is 370. The third-order valence-corrected chi connectivity index (χ3v) is 5.61. The second-order valence-corrected chi connectivity index (χ2v) is 7.77. The van der Waals surface area contributed by atoms with Gasteiger partial charge in [0, 0.05) is 5.54 Å². The number of likely N-dealkylation sites (tertiary alicyclic amines) is 1. The van der Waals surface area contributed by atoms with E-state index in [0.717, 1.165) is 19.3 Å². The molecule has 0 amide bonds. The van der Waals surface area contributed by atoms with Crippen LogP contribution in [-0.4, -0.2) is 36.1 Å². The Morgan fingerprint density at radius 3 is 2.43 bits per heavy atom. The van der Waals surface area contributed by atoms with Crippen molar-refractivity contribution in [2.24, 2.45) is 17.3 Å². The molecule has 2 rings (SSSR count). The zero-order valence-corrected chi connectivity index (χ0v) is 14.4. The predicted octanol–water partition coefficient (Wildman–Crippen LogP) is 3.68. The molecular weight excluding hydrogens is 262 g/mol. The number of ether oxygens (including phenoxy) is 1. The van der Waals surface area contributed by atoms with Crippen LogP contribution in [0.4, 0.5) is 0 Å². The highest BCUT2D eigenvalue weighted by atomic mass is 16.5. The Hall–Kier alpha value is -0.570. The lowest BCUT2D eigenvalue weighted by Gasteiger charge is -2.55. The van der Waals surface area contributed by atoms with Crippen LogP contribution in [0.25, 0.3) is 0 Å². The Balaban J connectivity index is 2.21. The number of hydrogen-bond donors (Lipinski definition) is 0. The highest BCUT2D eigenvalue weighted by molar-refractivity contribution is 5.73. The maximum atomic E-state index is 12.5. The van der Waals surface area contributed by atoms with Crippen molar-refractivity contribution < 1.29 is 9.53 Å². The molecule has 0 bridgehead atoms. The van der Waals surface area contributed by atoms with Gasteiger partial charge >= 0.3 is 5.97 Å². The molecule has 0 aromatic heterocycles. The van der Waals surface area contributed by atoms with E-state index in [-0.39, 0.29) is 22.8 Å². The topological polar surface area (TPSA) is 29.5 Å². The monoisotopic (exact) mass is 294 g/mol. The molecule has 0 aromatic rings. The summed E-state index contributed by atoms with van der Waals surface area (Å²) >= 11 is 0. The molecule has 1 aliphatic carbocycles. The minimum absolute atomic E-state index is 0.0175. The number of esters is 1. The van der Waals surface area contributed by atoms with E-state index >= 15 is 0 Å². The molecule has 3 unspecified atom stereocenters. The van der Waals surface area contributed by atoms with E-state index in [9.17, 15) is 4.79 Å². The van der Waals surface area contributed by atoms with E-state index in [0.29, 0.717) is 12.5 Å². The van der Waals surface area contributed by atoms with Crippen LogP contribution in [0.15, 0.2) is 0 Å². The first-order chi connectivity index (χ1) is 9.84. The lowest BCUT2D eigenvalue weighted by molar-refractivity contribution is -0.156. The summed E-state index contributed by atoms with van der Waals surface area (Å²) in [5.74, 6) is 0.442. The average Bonchev–Trinajstić information content (AvgIpc) is 2.35. The molecule has 21 heavy (non-hydrogen) atoms. The molecule has 0 aromatic carbocycles. The third kappa shape index (κ3) is 3.28. The van der Waals surface area contributed by atoms with Gasteiger partial charge in [-0.15, -0.1) is 0 Å². The van der Waals surface area contributed by atoms with E-state index in [4.69, 9.17) is 4.74 Å². The standard InChI is InChI=1S/C18H32NO2/c1-6-18(19-11-8-12-19)10-9-15(17(3,4)5)14(13-18)16(20)21-7-2/h10,14-15H,6-9,11-13H2,1-5H3. The largest absolute Gasteiger partial charge is 0.466 e. The zero-order valence-electron chi connectivity index (χ0n) is 14.4. The van der Waals surface area contributed by atoms with Gasteiger partial charge in [-0.3, -0.25) is 9.69 Å². The maximum absolute atomic E-state index is 12.5. The second kappa shape index (κ2) is 6.28. The zero-order chi connectivity index (χ0) is 15.7. The summed E-state index contributed by atoms with van der Waals surface area (Å²) in [5.41, 5.74) is 0.264. The van der Waals surface area contributed by atoms with Gasteiger partial charge in [0.2, 0.25) is 0 Å². The molecule has 1 saturated heterocycles. The van der Waals surface area contributed by atoms with E-state index < -0.39 is 0 Å². The first-order valence-electron chi connectivity index (χ1n) is 8.60. The van der Waals surface area contributed by atoms with Crippen molar-refractivity contribution >= 4 is 5.97 Å². The van der Waals surface area contributed by atoms with Crippen molar-refractivity contribution in [3.8, 4) is 0 Å². The quantitative estimate of drug-likeness (QED) is 0.741. The first-order valence-corrected chi connectivity index (χ1v) is 8.60. The lowest BCUT2D eigenvalue weighted by atomic mass is 9.60. The van der Waals surface area contributed by atoms with Gasteiger partial charge in [-0.05, 0) is 63.5 Å². The molecule has 2 fully saturated rings. The summed E-state index contributed by atoms with van der Waals surface area (Å²) in [7, 11) is 0. The van der Waals surface area contributed by atoms with Crippen LogP contribution in [0.5, 0.6) is 0 Å². The molecule has 0 spiro atoms. The van der Waals surface area contributed by atoms with Gasteiger partial charge in [-0.25, -0.2) is 0 Å². The maximum Gasteiger partial charge on any atom is 0.309 e. The summed E-state index contributed by atoms with van der Waals surface area (Å²) in [6.07, 6.45) is 6.86. The molecule has 3 nitrogen and oxygen atoms in total. The number of hydrogen-bond acceptors (Lipinski definition) is 3. The minimum Gasteiger partial charge on any atom is -0.466 e. The number of rotatable bonds is 4. The van der Waals surface area contributed by atoms with Crippen molar-refractivity contribution in [3.05, 3.63) is 6.42 Å². The summed E-state index contributed by atoms with van der Waals surface area (Å²) in [4.78, 5) is 15.1. The SMILES string of the molecule is CCOC(=O)C1CC(CC)(N2CCC2)[CH]CC1C(C)(C)C. The average molecular weight is 294 g/mol. The fourth-order valence-corrected chi connectivity index (χ4v) is 4.10. The highest BCUT2D eigenvalue weighted by Crippen LogP contribution is 2.49.